The number of carboxylic acids is 1. The Morgan fingerprint density at radius 1 is 1.43 bits per heavy atom. The number of amides is 1. The Hall–Kier alpha value is -1.53. The molecule has 0 saturated heterocycles. The van der Waals surface area contributed by atoms with Gasteiger partial charge in [0.15, 0.2) is 0 Å². The van der Waals surface area contributed by atoms with Crippen molar-refractivity contribution in [2.75, 3.05) is 19.4 Å². The first-order valence-electron chi connectivity index (χ1n) is 6.66. The number of methoxy groups -OCH3 is 1. The molecule has 1 rings (SSSR count). The van der Waals surface area contributed by atoms with Crippen LogP contribution >= 0.6 is 11.8 Å². The van der Waals surface area contributed by atoms with Gasteiger partial charge in [0.2, 0.25) is 5.91 Å². The van der Waals surface area contributed by atoms with Gasteiger partial charge in [-0.2, -0.15) is 0 Å². The Labute approximate surface area is 129 Å². The molecule has 1 unspecified atom stereocenters. The number of ether oxygens (including phenoxy) is 1. The lowest BCUT2D eigenvalue weighted by molar-refractivity contribution is -0.140. The minimum absolute atomic E-state index is 0.111. The SMILES string of the molecule is COC(CNC(=O)CSCc1cccc(C)c1)CC(=O)O. The molecule has 0 aliphatic rings. The fraction of sp³-hybridized carbons (Fsp3) is 0.467. The average Bonchev–Trinajstić information content (AvgIpc) is 2.43. The van der Waals surface area contributed by atoms with Crippen molar-refractivity contribution in [2.45, 2.75) is 25.2 Å². The number of carbonyl (C=O) groups excluding carboxylic acids is 1. The van der Waals surface area contributed by atoms with E-state index in [0.717, 1.165) is 5.75 Å². The van der Waals surface area contributed by atoms with Crippen LogP contribution in [0.15, 0.2) is 24.3 Å². The normalized spacial score (nSPS) is 11.9. The van der Waals surface area contributed by atoms with Crippen molar-refractivity contribution in [3.05, 3.63) is 35.4 Å². The zero-order valence-electron chi connectivity index (χ0n) is 12.3. The molecule has 0 aromatic heterocycles. The quantitative estimate of drug-likeness (QED) is 0.728. The first-order valence-corrected chi connectivity index (χ1v) is 7.81. The van der Waals surface area contributed by atoms with Crippen LogP contribution < -0.4 is 5.32 Å². The Balaban J connectivity index is 2.23. The molecule has 2 N–H and O–H groups in total. The van der Waals surface area contributed by atoms with Gasteiger partial charge in [0, 0.05) is 19.4 Å². The molecule has 5 nitrogen and oxygen atoms in total. The van der Waals surface area contributed by atoms with Crippen LogP contribution in [0.25, 0.3) is 0 Å². The maximum Gasteiger partial charge on any atom is 0.306 e. The van der Waals surface area contributed by atoms with Gasteiger partial charge in [-0.05, 0) is 12.5 Å². The molecule has 0 fully saturated rings. The molecule has 1 amide bonds. The van der Waals surface area contributed by atoms with E-state index >= 15 is 0 Å². The number of rotatable bonds is 9. The number of aliphatic carboxylic acids is 1. The highest BCUT2D eigenvalue weighted by Crippen LogP contribution is 2.13. The highest BCUT2D eigenvalue weighted by atomic mass is 32.2. The lowest BCUT2D eigenvalue weighted by Gasteiger charge is -2.13. The number of benzene rings is 1. The van der Waals surface area contributed by atoms with Crippen molar-refractivity contribution in [3.63, 3.8) is 0 Å². The maximum atomic E-state index is 11.7. The third-order valence-corrected chi connectivity index (χ3v) is 3.85. The molecule has 0 aliphatic carbocycles. The van der Waals surface area contributed by atoms with Gasteiger partial charge in [-0.1, -0.05) is 29.8 Å². The zero-order valence-corrected chi connectivity index (χ0v) is 13.1. The van der Waals surface area contributed by atoms with E-state index in [-0.39, 0.29) is 18.9 Å². The molecule has 0 bridgehead atoms. The molecule has 0 aliphatic heterocycles. The largest absolute Gasteiger partial charge is 0.481 e. The molecular formula is C15H21NO4S. The Morgan fingerprint density at radius 3 is 2.81 bits per heavy atom. The second-order valence-corrected chi connectivity index (χ2v) is 5.73. The van der Waals surface area contributed by atoms with Crippen LogP contribution in [-0.2, 0) is 20.1 Å². The van der Waals surface area contributed by atoms with E-state index in [1.54, 1.807) is 0 Å². The summed E-state index contributed by atoms with van der Waals surface area (Å²) in [6.07, 6.45) is -0.610. The van der Waals surface area contributed by atoms with Crippen molar-refractivity contribution in [1.82, 2.24) is 5.32 Å². The summed E-state index contributed by atoms with van der Waals surface area (Å²) < 4.78 is 5.00. The Bertz CT molecular complexity index is 478. The highest BCUT2D eigenvalue weighted by Gasteiger charge is 2.13. The van der Waals surface area contributed by atoms with Gasteiger partial charge in [-0.3, -0.25) is 9.59 Å². The van der Waals surface area contributed by atoms with E-state index in [9.17, 15) is 9.59 Å². The number of aryl methyl sites for hydroxylation is 1. The first kappa shape index (κ1) is 17.5. The monoisotopic (exact) mass is 311 g/mol. The highest BCUT2D eigenvalue weighted by molar-refractivity contribution is 7.99. The smallest absolute Gasteiger partial charge is 0.306 e. The van der Waals surface area contributed by atoms with Crippen molar-refractivity contribution >= 4 is 23.6 Å². The van der Waals surface area contributed by atoms with Gasteiger partial charge in [0.25, 0.3) is 0 Å². The van der Waals surface area contributed by atoms with Crippen LogP contribution in [0.3, 0.4) is 0 Å². The van der Waals surface area contributed by atoms with Crippen molar-refractivity contribution < 1.29 is 19.4 Å². The zero-order chi connectivity index (χ0) is 15.7. The molecule has 1 aromatic rings. The van der Waals surface area contributed by atoms with Crippen LogP contribution in [0.5, 0.6) is 0 Å². The van der Waals surface area contributed by atoms with Crippen LogP contribution in [0.1, 0.15) is 17.5 Å². The van der Waals surface area contributed by atoms with Crippen LogP contribution in [0.4, 0.5) is 0 Å². The summed E-state index contributed by atoms with van der Waals surface area (Å²) in [6, 6.07) is 8.17. The van der Waals surface area contributed by atoms with Crippen LogP contribution in [0.2, 0.25) is 0 Å². The molecule has 21 heavy (non-hydrogen) atoms. The summed E-state index contributed by atoms with van der Waals surface area (Å²) >= 11 is 1.53. The Morgan fingerprint density at radius 2 is 2.19 bits per heavy atom. The minimum atomic E-state index is -0.940. The standard InChI is InChI=1S/C15H21NO4S/c1-11-4-3-5-12(6-11)9-21-10-14(17)16-8-13(20-2)7-15(18)19/h3-6,13H,7-10H2,1-2H3,(H,16,17)(H,18,19). The fourth-order valence-electron chi connectivity index (χ4n) is 1.78. The van der Waals surface area contributed by atoms with Gasteiger partial charge < -0.3 is 15.2 Å². The summed E-state index contributed by atoms with van der Waals surface area (Å²) in [5, 5.41) is 11.4. The predicted molar refractivity (Wildman–Crippen MR) is 83.4 cm³/mol. The molecule has 0 spiro atoms. The summed E-state index contributed by atoms with van der Waals surface area (Å²) in [4.78, 5) is 22.2. The summed E-state index contributed by atoms with van der Waals surface area (Å²) in [7, 11) is 1.44. The molecule has 6 heteroatoms. The maximum absolute atomic E-state index is 11.7. The van der Waals surface area contributed by atoms with E-state index in [1.165, 1.54) is 30.0 Å². The topological polar surface area (TPSA) is 75.6 Å². The number of hydrogen-bond donors (Lipinski definition) is 2. The first-order chi connectivity index (χ1) is 10.0. The number of carboxylic acid groups (broad SMARTS) is 1. The molecule has 0 heterocycles. The summed E-state index contributed by atoms with van der Waals surface area (Å²) in [5.41, 5.74) is 2.39. The predicted octanol–water partition coefficient (Wildman–Crippen LogP) is 1.83. The molecule has 1 atom stereocenters. The fourth-order valence-corrected chi connectivity index (χ4v) is 2.58. The number of carbonyl (C=O) groups is 2. The second kappa shape index (κ2) is 9.41. The van der Waals surface area contributed by atoms with Gasteiger partial charge in [0.05, 0.1) is 18.3 Å². The average molecular weight is 311 g/mol. The van der Waals surface area contributed by atoms with Crippen molar-refractivity contribution in [3.8, 4) is 0 Å². The van der Waals surface area contributed by atoms with Crippen molar-refractivity contribution in [2.24, 2.45) is 0 Å². The van der Waals surface area contributed by atoms with E-state index in [4.69, 9.17) is 9.84 Å². The molecule has 0 saturated carbocycles. The van der Waals surface area contributed by atoms with Gasteiger partial charge in [-0.25, -0.2) is 0 Å². The Kier molecular flexibility index (Phi) is 7.85. The minimum Gasteiger partial charge on any atom is -0.481 e. The summed E-state index contributed by atoms with van der Waals surface area (Å²) in [6.45, 7) is 2.25. The molecule has 1 aromatic carbocycles. The van der Waals surface area contributed by atoms with E-state index in [1.807, 2.05) is 25.1 Å². The summed E-state index contributed by atoms with van der Waals surface area (Å²) in [5.74, 6) is 0.0695. The molecular weight excluding hydrogens is 290 g/mol. The van der Waals surface area contributed by atoms with E-state index < -0.39 is 12.1 Å². The number of nitrogens with one attached hydrogen (secondary N) is 1. The van der Waals surface area contributed by atoms with Gasteiger partial charge in [0.1, 0.15) is 0 Å². The number of hydrogen-bond acceptors (Lipinski definition) is 4. The lowest BCUT2D eigenvalue weighted by atomic mass is 10.2. The second-order valence-electron chi connectivity index (χ2n) is 4.74. The van der Waals surface area contributed by atoms with Crippen LogP contribution in [0, 0.1) is 6.92 Å². The molecule has 0 radical (unpaired) electrons. The third-order valence-electron chi connectivity index (χ3n) is 2.85. The van der Waals surface area contributed by atoms with E-state index in [2.05, 4.69) is 11.4 Å². The van der Waals surface area contributed by atoms with Crippen LogP contribution in [-0.4, -0.2) is 42.5 Å². The third kappa shape index (κ3) is 7.72. The molecule has 116 valence electrons. The van der Waals surface area contributed by atoms with Gasteiger partial charge >= 0.3 is 5.97 Å². The van der Waals surface area contributed by atoms with Gasteiger partial charge in [-0.15, -0.1) is 11.8 Å². The van der Waals surface area contributed by atoms with E-state index in [0.29, 0.717) is 5.75 Å². The number of thioether (sulfide) groups is 1. The van der Waals surface area contributed by atoms with Crippen molar-refractivity contribution in [1.29, 1.82) is 0 Å². The lowest BCUT2D eigenvalue weighted by Crippen LogP contribution is -2.35.